The zero-order valence-corrected chi connectivity index (χ0v) is 19.2. The smallest absolute Gasteiger partial charge is 0.251 e. The fourth-order valence-electron chi connectivity index (χ4n) is 3.79. The maximum absolute atomic E-state index is 13.2. The molecule has 2 amide bonds. The first kappa shape index (κ1) is 21.6. The molecule has 1 aliphatic rings. The van der Waals surface area contributed by atoms with Crippen LogP contribution in [0.3, 0.4) is 0 Å². The number of halogens is 2. The van der Waals surface area contributed by atoms with Crippen molar-refractivity contribution < 1.29 is 9.59 Å². The third-order valence-corrected chi connectivity index (χ3v) is 6.45. The molecule has 0 aliphatic carbocycles. The van der Waals surface area contributed by atoms with Gasteiger partial charge in [0, 0.05) is 27.3 Å². The summed E-state index contributed by atoms with van der Waals surface area (Å²) in [7, 11) is 0. The Kier molecular flexibility index (Phi) is 6.73. The molecule has 1 N–H and O–H groups in total. The van der Waals surface area contributed by atoms with E-state index in [2.05, 4.69) is 39.4 Å². The first-order valence-electron chi connectivity index (χ1n) is 10.2. The van der Waals surface area contributed by atoms with Gasteiger partial charge >= 0.3 is 0 Å². The van der Waals surface area contributed by atoms with Gasteiger partial charge in [0.15, 0.2) is 0 Å². The normalized spacial score (nSPS) is 16.3. The van der Waals surface area contributed by atoms with E-state index in [4.69, 9.17) is 11.6 Å². The van der Waals surface area contributed by atoms with Crippen LogP contribution in [0.5, 0.6) is 0 Å². The first-order valence-corrected chi connectivity index (χ1v) is 11.4. The molecule has 1 saturated heterocycles. The molecule has 1 fully saturated rings. The molecule has 1 heterocycles. The molecule has 3 aromatic rings. The lowest BCUT2D eigenvalue weighted by molar-refractivity contribution is -0.121. The van der Waals surface area contributed by atoms with Crippen LogP contribution in [0.25, 0.3) is 0 Å². The van der Waals surface area contributed by atoms with Gasteiger partial charge in [-0.25, -0.2) is 0 Å². The van der Waals surface area contributed by atoms with E-state index in [1.165, 1.54) is 5.56 Å². The van der Waals surface area contributed by atoms with Gasteiger partial charge in [0.05, 0.1) is 0 Å². The van der Waals surface area contributed by atoms with Crippen LogP contribution in [0.4, 0.5) is 5.69 Å². The van der Waals surface area contributed by atoms with Crippen LogP contribution in [-0.4, -0.2) is 24.4 Å². The van der Waals surface area contributed by atoms with Crippen LogP contribution >= 0.6 is 27.5 Å². The number of amides is 2. The summed E-state index contributed by atoms with van der Waals surface area (Å²) in [5.41, 5.74) is 3.66. The van der Waals surface area contributed by atoms with Gasteiger partial charge in [-0.1, -0.05) is 57.9 Å². The Morgan fingerprint density at radius 2 is 1.81 bits per heavy atom. The number of carbonyl (C=O) groups is 2. The number of hydrogen-bond donors (Lipinski definition) is 1. The third-order valence-electron chi connectivity index (χ3n) is 5.43. The minimum absolute atomic E-state index is 0.0819. The number of nitrogens with zero attached hydrogens (tertiary/aromatic N) is 1. The molecular formula is C25H22BrClN2O2. The molecule has 31 heavy (non-hydrogen) atoms. The summed E-state index contributed by atoms with van der Waals surface area (Å²) in [4.78, 5) is 27.5. The topological polar surface area (TPSA) is 49.4 Å². The second-order valence-electron chi connectivity index (χ2n) is 7.60. The van der Waals surface area contributed by atoms with E-state index in [1.54, 1.807) is 29.2 Å². The molecule has 4 rings (SSSR count). The minimum atomic E-state index is -0.543. The van der Waals surface area contributed by atoms with Crippen LogP contribution < -0.4 is 10.2 Å². The highest BCUT2D eigenvalue weighted by molar-refractivity contribution is 9.10. The summed E-state index contributed by atoms with van der Waals surface area (Å²) in [5, 5.41) is 3.46. The SMILES string of the molecule is O=C(NC1CCCN(c2ccc(Br)c(Cc3ccccc3)c2)C1=O)c1ccc(Cl)cc1. The predicted octanol–water partition coefficient (Wildman–Crippen LogP) is 5.62. The monoisotopic (exact) mass is 496 g/mol. The minimum Gasteiger partial charge on any atom is -0.340 e. The van der Waals surface area contributed by atoms with Crippen LogP contribution in [-0.2, 0) is 11.2 Å². The van der Waals surface area contributed by atoms with Crippen molar-refractivity contribution in [2.45, 2.75) is 25.3 Å². The summed E-state index contributed by atoms with van der Waals surface area (Å²) in [6, 6.07) is 22.3. The standard InChI is InChI=1S/C25H22BrClN2O2/c26-22-13-12-21(16-19(22)15-17-5-2-1-3-6-17)29-14-4-7-23(25(29)31)28-24(30)18-8-10-20(27)11-9-18/h1-3,5-6,8-13,16,23H,4,7,14-15H2,(H,28,30). The van der Waals surface area contributed by atoms with E-state index < -0.39 is 6.04 Å². The molecule has 6 heteroatoms. The number of carbonyl (C=O) groups excluding carboxylic acids is 2. The summed E-state index contributed by atoms with van der Waals surface area (Å²) in [5.74, 6) is -0.348. The Bertz CT molecular complexity index is 1090. The summed E-state index contributed by atoms with van der Waals surface area (Å²) in [6.45, 7) is 0.637. The molecule has 0 saturated carbocycles. The highest BCUT2D eigenvalue weighted by atomic mass is 79.9. The second kappa shape index (κ2) is 9.67. The molecule has 0 radical (unpaired) electrons. The van der Waals surface area contributed by atoms with Gasteiger partial charge in [-0.05, 0) is 72.9 Å². The fourth-order valence-corrected chi connectivity index (χ4v) is 4.30. The van der Waals surface area contributed by atoms with Gasteiger partial charge < -0.3 is 10.2 Å². The van der Waals surface area contributed by atoms with Gasteiger partial charge in [0.1, 0.15) is 6.04 Å². The van der Waals surface area contributed by atoms with E-state index in [1.807, 2.05) is 30.3 Å². The lowest BCUT2D eigenvalue weighted by atomic mass is 10.0. The number of rotatable bonds is 5. The molecule has 1 unspecified atom stereocenters. The van der Waals surface area contributed by atoms with Gasteiger partial charge in [0.25, 0.3) is 5.91 Å². The van der Waals surface area contributed by atoms with Crippen molar-refractivity contribution in [2.75, 3.05) is 11.4 Å². The molecule has 1 atom stereocenters. The van der Waals surface area contributed by atoms with Crippen LogP contribution in [0, 0.1) is 0 Å². The van der Waals surface area contributed by atoms with Crippen molar-refractivity contribution in [3.8, 4) is 0 Å². The summed E-state index contributed by atoms with van der Waals surface area (Å²) >= 11 is 9.53. The Hall–Kier alpha value is -2.63. The number of hydrogen-bond acceptors (Lipinski definition) is 2. The van der Waals surface area contributed by atoms with Crippen molar-refractivity contribution >= 4 is 45.0 Å². The Morgan fingerprint density at radius 3 is 2.55 bits per heavy atom. The van der Waals surface area contributed by atoms with Crippen LogP contribution in [0.2, 0.25) is 5.02 Å². The number of anilines is 1. The molecule has 3 aromatic carbocycles. The van der Waals surface area contributed by atoms with E-state index in [0.29, 0.717) is 23.6 Å². The lowest BCUT2D eigenvalue weighted by Crippen LogP contribution is -2.52. The fraction of sp³-hybridized carbons (Fsp3) is 0.200. The number of benzene rings is 3. The third kappa shape index (κ3) is 5.17. The predicted molar refractivity (Wildman–Crippen MR) is 128 cm³/mol. The van der Waals surface area contributed by atoms with Gasteiger partial charge in [-0.2, -0.15) is 0 Å². The summed E-state index contributed by atoms with van der Waals surface area (Å²) < 4.78 is 1.01. The van der Waals surface area contributed by atoms with Crippen molar-refractivity contribution in [1.82, 2.24) is 5.32 Å². The van der Waals surface area contributed by atoms with Crippen molar-refractivity contribution in [2.24, 2.45) is 0 Å². The highest BCUT2D eigenvalue weighted by Gasteiger charge is 2.31. The Balaban J connectivity index is 1.50. The van der Waals surface area contributed by atoms with Crippen molar-refractivity contribution in [1.29, 1.82) is 0 Å². The van der Waals surface area contributed by atoms with Crippen LogP contribution in [0.15, 0.2) is 77.3 Å². The molecule has 0 bridgehead atoms. The zero-order valence-electron chi connectivity index (χ0n) is 16.9. The highest BCUT2D eigenvalue weighted by Crippen LogP contribution is 2.28. The van der Waals surface area contributed by atoms with E-state index in [-0.39, 0.29) is 11.8 Å². The first-order chi connectivity index (χ1) is 15.0. The Morgan fingerprint density at radius 1 is 1.06 bits per heavy atom. The molecule has 1 aliphatic heterocycles. The zero-order chi connectivity index (χ0) is 21.8. The van der Waals surface area contributed by atoms with E-state index >= 15 is 0 Å². The average molecular weight is 498 g/mol. The van der Waals surface area contributed by atoms with E-state index in [0.717, 1.165) is 28.6 Å². The maximum atomic E-state index is 13.2. The molecule has 158 valence electrons. The average Bonchev–Trinajstić information content (AvgIpc) is 2.78. The number of nitrogens with one attached hydrogen (secondary N) is 1. The molecular weight excluding hydrogens is 476 g/mol. The van der Waals surface area contributed by atoms with Crippen molar-refractivity contribution in [3.05, 3.63) is 99.0 Å². The lowest BCUT2D eigenvalue weighted by Gasteiger charge is -2.33. The quantitative estimate of drug-likeness (QED) is 0.497. The second-order valence-corrected chi connectivity index (χ2v) is 8.89. The number of piperidine rings is 1. The van der Waals surface area contributed by atoms with Gasteiger partial charge in [-0.3, -0.25) is 9.59 Å². The maximum Gasteiger partial charge on any atom is 0.251 e. The molecule has 4 nitrogen and oxygen atoms in total. The largest absolute Gasteiger partial charge is 0.340 e. The Labute approximate surface area is 195 Å². The van der Waals surface area contributed by atoms with E-state index in [9.17, 15) is 9.59 Å². The van der Waals surface area contributed by atoms with Crippen molar-refractivity contribution in [3.63, 3.8) is 0 Å². The van der Waals surface area contributed by atoms with Gasteiger partial charge in [-0.15, -0.1) is 0 Å². The van der Waals surface area contributed by atoms with Gasteiger partial charge in [0.2, 0.25) is 5.91 Å². The molecule has 0 aromatic heterocycles. The molecule has 0 spiro atoms. The van der Waals surface area contributed by atoms with Crippen LogP contribution in [0.1, 0.15) is 34.3 Å². The summed E-state index contributed by atoms with van der Waals surface area (Å²) in [6.07, 6.45) is 2.22.